The molecule has 0 spiro atoms. The van der Waals surface area contributed by atoms with Crippen LogP contribution in [0.1, 0.15) is 44.1 Å². The highest BCUT2D eigenvalue weighted by Gasteiger charge is 2.67. The van der Waals surface area contributed by atoms with Crippen LogP contribution in [0.5, 0.6) is 0 Å². The number of anilines is 1. The van der Waals surface area contributed by atoms with Crippen molar-refractivity contribution in [2.45, 2.75) is 18.3 Å². The van der Waals surface area contributed by atoms with Gasteiger partial charge in [-0.2, -0.15) is 0 Å². The fourth-order valence-corrected chi connectivity index (χ4v) is 6.89. The number of carbonyl (C=O) groups is 3. The maximum atomic E-state index is 14.4. The Hall–Kier alpha value is -4.84. The highest BCUT2D eigenvalue weighted by Crippen LogP contribution is 2.63. The number of carboxylic acid groups (broad SMARTS) is 1. The van der Waals surface area contributed by atoms with Gasteiger partial charge in [0.1, 0.15) is 0 Å². The van der Waals surface area contributed by atoms with E-state index in [9.17, 15) is 19.5 Å². The third-order valence-electron chi connectivity index (χ3n) is 8.49. The SMILES string of the molecule is Cc1ccc(N2C(=O)[C@@H]3C4c5ccccc5C(C=Nc5cccc(C(=O)O)c5)(c5ccccc54)[C@H]3C2=O)cc1. The highest BCUT2D eigenvalue weighted by atomic mass is 16.4. The van der Waals surface area contributed by atoms with E-state index in [0.717, 1.165) is 27.8 Å². The van der Waals surface area contributed by atoms with E-state index in [-0.39, 0.29) is 23.3 Å². The van der Waals surface area contributed by atoms with E-state index >= 15 is 0 Å². The van der Waals surface area contributed by atoms with Crippen molar-refractivity contribution in [3.63, 3.8) is 0 Å². The average Bonchev–Trinajstić information content (AvgIpc) is 3.23. The lowest BCUT2D eigenvalue weighted by atomic mass is 9.47. The first kappa shape index (κ1) is 23.3. The normalized spacial score (nSPS) is 24.5. The summed E-state index contributed by atoms with van der Waals surface area (Å²) in [6.45, 7) is 1.97. The first-order valence-electron chi connectivity index (χ1n) is 12.9. The molecule has 1 saturated heterocycles. The molecule has 4 aromatic carbocycles. The Morgan fingerprint density at radius 1 is 0.846 bits per heavy atom. The monoisotopic (exact) mass is 512 g/mol. The molecule has 0 radical (unpaired) electrons. The van der Waals surface area contributed by atoms with E-state index in [0.29, 0.717) is 11.4 Å². The molecular formula is C33H24N2O4. The summed E-state index contributed by atoms with van der Waals surface area (Å²) in [4.78, 5) is 46.3. The molecule has 2 bridgehead atoms. The molecule has 6 nitrogen and oxygen atoms in total. The van der Waals surface area contributed by atoms with Crippen molar-refractivity contribution in [2.24, 2.45) is 16.8 Å². The molecule has 0 unspecified atom stereocenters. The molecule has 4 aliphatic rings. The van der Waals surface area contributed by atoms with Gasteiger partial charge in [0, 0.05) is 12.1 Å². The number of rotatable bonds is 4. The standard InChI is InChI=1S/C33H24N2O4/c1-19-13-15-22(16-14-19)35-30(36)28-27-23-9-2-4-11-25(23)33(29(28)31(35)37,26-12-5-3-10-24(26)27)18-34-21-8-6-7-20(17-21)32(38)39/h2-18,27-29H,1H3,(H,38,39)/t27?,28-,29-,33?/m1/s1. The Labute approximate surface area is 225 Å². The molecule has 3 aliphatic carbocycles. The van der Waals surface area contributed by atoms with Crippen molar-refractivity contribution < 1.29 is 19.5 Å². The largest absolute Gasteiger partial charge is 0.478 e. The van der Waals surface area contributed by atoms with Crippen molar-refractivity contribution in [1.29, 1.82) is 0 Å². The Morgan fingerprint density at radius 2 is 1.49 bits per heavy atom. The van der Waals surface area contributed by atoms with Crippen molar-refractivity contribution in [3.8, 4) is 0 Å². The zero-order valence-electron chi connectivity index (χ0n) is 21.1. The minimum Gasteiger partial charge on any atom is -0.478 e. The molecule has 0 aromatic heterocycles. The number of aromatic carboxylic acids is 1. The molecule has 1 heterocycles. The second kappa shape index (κ2) is 8.33. The zero-order valence-corrected chi connectivity index (χ0v) is 21.1. The summed E-state index contributed by atoms with van der Waals surface area (Å²) in [5, 5.41) is 9.49. The van der Waals surface area contributed by atoms with E-state index < -0.39 is 23.2 Å². The minimum absolute atomic E-state index is 0.130. The van der Waals surface area contributed by atoms with Gasteiger partial charge in [-0.1, -0.05) is 72.3 Å². The van der Waals surface area contributed by atoms with Crippen molar-refractivity contribution in [3.05, 3.63) is 130 Å². The Kier molecular flexibility index (Phi) is 4.98. The molecule has 2 atom stereocenters. The fraction of sp³-hybridized carbons (Fsp3) is 0.152. The minimum atomic E-state index is -1.04. The smallest absolute Gasteiger partial charge is 0.335 e. The number of hydrogen-bond acceptors (Lipinski definition) is 4. The van der Waals surface area contributed by atoms with Gasteiger partial charge in [-0.05, 0) is 59.5 Å². The molecule has 190 valence electrons. The second-order valence-corrected chi connectivity index (χ2v) is 10.5. The quantitative estimate of drug-likeness (QED) is 0.283. The van der Waals surface area contributed by atoms with Crippen LogP contribution in [0.25, 0.3) is 0 Å². The molecule has 1 aliphatic heterocycles. The summed E-state index contributed by atoms with van der Waals surface area (Å²) in [6.07, 6.45) is 1.78. The molecule has 6 heteroatoms. The van der Waals surface area contributed by atoms with Gasteiger partial charge in [0.25, 0.3) is 0 Å². The molecule has 4 aromatic rings. The van der Waals surface area contributed by atoms with Crippen LogP contribution in [-0.4, -0.2) is 29.1 Å². The summed E-state index contributed by atoms with van der Waals surface area (Å²) in [6, 6.07) is 29.9. The van der Waals surface area contributed by atoms with Crippen LogP contribution < -0.4 is 4.90 Å². The number of benzene rings is 4. The maximum Gasteiger partial charge on any atom is 0.335 e. The first-order chi connectivity index (χ1) is 18.9. The highest BCUT2D eigenvalue weighted by molar-refractivity contribution is 6.25. The number of imide groups is 1. The Morgan fingerprint density at radius 3 is 2.13 bits per heavy atom. The summed E-state index contributed by atoms with van der Waals surface area (Å²) >= 11 is 0. The van der Waals surface area contributed by atoms with E-state index in [1.54, 1.807) is 18.3 Å². The van der Waals surface area contributed by atoms with Crippen LogP contribution in [-0.2, 0) is 15.0 Å². The molecule has 39 heavy (non-hydrogen) atoms. The summed E-state index contributed by atoms with van der Waals surface area (Å²) in [5.74, 6) is -3.00. The number of hydrogen-bond donors (Lipinski definition) is 1. The Bertz CT molecular complexity index is 1670. The lowest BCUT2D eigenvalue weighted by molar-refractivity contribution is -0.122. The van der Waals surface area contributed by atoms with E-state index in [1.165, 1.54) is 17.0 Å². The van der Waals surface area contributed by atoms with Gasteiger partial charge in [0.2, 0.25) is 11.8 Å². The molecule has 8 rings (SSSR count). The molecule has 1 N–H and O–H groups in total. The predicted molar refractivity (Wildman–Crippen MR) is 148 cm³/mol. The summed E-state index contributed by atoms with van der Waals surface area (Å²) in [7, 11) is 0. The average molecular weight is 513 g/mol. The van der Waals surface area contributed by atoms with Crippen molar-refractivity contribution in [1.82, 2.24) is 0 Å². The van der Waals surface area contributed by atoms with E-state index in [1.807, 2.05) is 79.7 Å². The molecule has 0 saturated carbocycles. The van der Waals surface area contributed by atoms with Crippen LogP contribution in [0.3, 0.4) is 0 Å². The molecular weight excluding hydrogens is 488 g/mol. The van der Waals surface area contributed by atoms with Gasteiger partial charge in [-0.25, -0.2) is 9.69 Å². The predicted octanol–water partition coefficient (Wildman–Crippen LogP) is 5.65. The van der Waals surface area contributed by atoms with Gasteiger partial charge in [-0.3, -0.25) is 14.6 Å². The molecule has 1 fully saturated rings. The number of carbonyl (C=O) groups excluding carboxylic acids is 2. The van der Waals surface area contributed by atoms with E-state index in [4.69, 9.17) is 4.99 Å². The van der Waals surface area contributed by atoms with Crippen molar-refractivity contribution in [2.75, 3.05) is 4.90 Å². The zero-order chi connectivity index (χ0) is 26.9. The topological polar surface area (TPSA) is 87.0 Å². The number of nitrogens with zero attached hydrogens (tertiary/aromatic N) is 2. The van der Waals surface area contributed by atoms with Gasteiger partial charge in [-0.15, -0.1) is 0 Å². The van der Waals surface area contributed by atoms with E-state index in [2.05, 4.69) is 0 Å². The number of amides is 2. The number of carboxylic acids is 1. The summed E-state index contributed by atoms with van der Waals surface area (Å²) in [5.41, 5.74) is 5.17. The van der Waals surface area contributed by atoms with Crippen LogP contribution in [0.4, 0.5) is 11.4 Å². The van der Waals surface area contributed by atoms with Gasteiger partial charge >= 0.3 is 5.97 Å². The van der Waals surface area contributed by atoms with Gasteiger partial charge in [0.15, 0.2) is 0 Å². The van der Waals surface area contributed by atoms with Crippen molar-refractivity contribution >= 4 is 35.4 Å². The lowest BCUT2D eigenvalue weighted by Crippen LogP contribution is -2.54. The van der Waals surface area contributed by atoms with Crippen LogP contribution >= 0.6 is 0 Å². The Balaban J connectivity index is 1.48. The lowest BCUT2D eigenvalue weighted by Gasteiger charge is -2.52. The number of aliphatic imine (C=N–C) groups is 1. The fourth-order valence-electron chi connectivity index (χ4n) is 6.89. The first-order valence-corrected chi connectivity index (χ1v) is 12.9. The van der Waals surface area contributed by atoms with Gasteiger partial charge < -0.3 is 5.11 Å². The third-order valence-corrected chi connectivity index (χ3v) is 8.49. The third kappa shape index (κ3) is 3.15. The second-order valence-electron chi connectivity index (χ2n) is 10.5. The summed E-state index contributed by atoms with van der Waals surface area (Å²) < 4.78 is 0. The maximum absolute atomic E-state index is 14.4. The van der Waals surface area contributed by atoms with Gasteiger partial charge in [0.05, 0.1) is 34.2 Å². The van der Waals surface area contributed by atoms with Crippen LogP contribution in [0.15, 0.2) is 102 Å². The van der Waals surface area contributed by atoms with Crippen LogP contribution in [0, 0.1) is 18.8 Å². The number of aryl methyl sites for hydroxylation is 1. The molecule has 2 amide bonds. The van der Waals surface area contributed by atoms with Crippen LogP contribution in [0.2, 0.25) is 0 Å².